The minimum absolute atomic E-state index is 0.0666. The van der Waals surface area contributed by atoms with E-state index in [1.165, 1.54) is 0 Å². The van der Waals surface area contributed by atoms with E-state index in [9.17, 15) is 4.79 Å². The van der Waals surface area contributed by atoms with Crippen LogP contribution in [0, 0.1) is 5.92 Å². The van der Waals surface area contributed by atoms with E-state index in [2.05, 4.69) is 31.0 Å². The predicted octanol–water partition coefficient (Wildman–Crippen LogP) is 2.42. The van der Waals surface area contributed by atoms with E-state index in [0.29, 0.717) is 12.5 Å². The van der Waals surface area contributed by atoms with Gasteiger partial charge in [0, 0.05) is 18.3 Å². The second-order valence-electron chi connectivity index (χ2n) is 5.83. The summed E-state index contributed by atoms with van der Waals surface area (Å²) in [5, 5.41) is 2.98. The molecule has 0 heterocycles. The summed E-state index contributed by atoms with van der Waals surface area (Å²) in [6, 6.07) is 7.77. The first-order chi connectivity index (χ1) is 9.32. The van der Waals surface area contributed by atoms with E-state index in [0.717, 1.165) is 11.3 Å². The third-order valence-electron chi connectivity index (χ3n) is 3.68. The van der Waals surface area contributed by atoms with E-state index in [4.69, 9.17) is 5.73 Å². The van der Waals surface area contributed by atoms with Crippen LogP contribution in [-0.4, -0.2) is 30.4 Å². The Morgan fingerprint density at radius 2 is 1.95 bits per heavy atom. The number of carbonyl (C=O) groups is 1. The highest BCUT2D eigenvalue weighted by Gasteiger charge is 2.23. The van der Waals surface area contributed by atoms with Gasteiger partial charge in [-0.1, -0.05) is 26.0 Å². The smallest absolute Gasteiger partial charge is 0.237 e. The summed E-state index contributed by atoms with van der Waals surface area (Å²) < 4.78 is 0. The maximum atomic E-state index is 12.1. The Kier molecular flexibility index (Phi) is 6.02. The molecule has 0 fully saturated rings. The van der Waals surface area contributed by atoms with Gasteiger partial charge in [-0.05, 0) is 44.5 Å². The van der Waals surface area contributed by atoms with E-state index in [1.807, 2.05) is 38.2 Å². The molecule has 0 saturated carbocycles. The molecule has 0 aliphatic rings. The minimum atomic E-state index is -0.176. The standard InChI is InChI=1S/C16H27N3O/c1-11(2)10-18-16(20)13(4)19(5)12(3)14-7-6-8-15(17)9-14/h6-9,11-13H,10,17H2,1-5H3,(H,18,20). The molecule has 3 N–H and O–H groups in total. The summed E-state index contributed by atoms with van der Waals surface area (Å²) in [4.78, 5) is 14.2. The van der Waals surface area contributed by atoms with Gasteiger partial charge in [0.15, 0.2) is 0 Å². The Morgan fingerprint density at radius 1 is 1.30 bits per heavy atom. The zero-order valence-electron chi connectivity index (χ0n) is 13.2. The van der Waals surface area contributed by atoms with Crippen molar-refractivity contribution >= 4 is 11.6 Å². The molecule has 0 aromatic heterocycles. The number of nitrogens with two attached hydrogens (primary N) is 1. The monoisotopic (exact) mass is 277 g/mol. The molecule has 1 amide bonds. The molecular weight excluding hydrogens is 250 g/mol. The zero-order chi connectivity index (χ0) is 15.3. The van der Waals surface area contributed by atoms with Crippen LogP contribution >= 0.6 is 0 Å². The first kappa shape index (κ1) is 16.5. The lowest BCUT2D eigenvalue weighted by Crippen LogP contribution is -2.45. The molecule has 1 aromatic carbocycles. The molecule has 112 valence electrons. The highest BCUT2D eigenvalue weighted by molar-refractivity contribution is 5.81. The van der Waals surface area contributed by atoms with Gasteiger partial charge in [-0.15, -0.1) is 0 Å². The van der Waals surface area contributed by atoms with Crippen molar-refractivity contribution in [1.29, 1.82) is 0 Å². The molecule has 1 aromatic rings. The van der Waals surface area contributed by atoms with Crippen molar-refractivity contribution in [3.8, 4) is 0 Å². The first-order valence-electron chi connectivity index (χ1n) is 7.18. The fraction of sp³-hybridized carbons (Fsp3) is 0.562. The van der Waals surface area contributed by atoms with Gasteiger partial charge < -0.3 is 11.1 Å². The lowest BCUT2D eigenvalue weighted by atomic mass is 10.0. The number of nitrogen functional groups attached to an aromatic ring is 1. The van der Waals surface area contributed by atoms with Crippen molar-refractivity contribution < 1.29 is 4.79 Å². The lowest BCUT2D eigenvalue weighted by Gasteiger charge is -2.30. The molecule has 2 unspecified atom stereocenters. The lowest BCUT2D eigenvalue weighted by molar-refractivity contribution is -0.126. The molecule has 0 aliphatic carbocycles. The zero-order valence-corrected chi connectivity index (χ0v) is 13.2. The van der Waals surface area contributed by atoms with Crippen LogP contribution in [0.5, 0.6) is 0 Å². The highest BCUT2D eigenvalue weighted by Crippen LogP contribution is 2.22. The van der Waals surface area contributed by atoms with Gasteiger partial charge >= 0.3 is 0 Å². The largest absolute Gasteiger partial charge is 0.399 e. The quantitative estimate of drug-likeness (QED) is 0.785. The van der Waals surface area contributed by atoms with Crippen LogP contribution in [0.3, 0.4) is 0 Å². The molecule has 20 heavy (non-hydrogen) atoms. The molecule has 0 spiro atoms. The van der Waals surface area contributed by atoms with Gasteiger partial charge in [0.2, 0.25) is 5.91 Å². The van der Waals surface area contributed by atoms with Gasteiger partial charge in [0.05, 0.1) is 6.04 Å². The van der Waals surface area contributed by atoms with Gasteiger partial charge in [-0.2, -0.15) is 0 Å². The Bertz CT molecular complexity index is 445. The van der Waals surface area contributed by atoms with Crippen LogP contribution in [0.1, 0.15) is 39.3 Å². The number of anilines is 1. The van der Waals surface area contributed by atoms with E-state index in [1.54, 1.807) is 0 Å². The Morgan fingerprint density at radius 3 is 2.50 bits per heavy atom. The molecule has 0 bridgehead atoms. The number of carbonyl (C=O) groups excluding carboxylic acids is 1. The van der Waals surface area contributed by atoms with Crippen LogP contribution in [0.2, 0.25) is 0 Å². The number of hydrogen-bond donors (Lipinski definition) is 2. The average Bonchev–Trinajstić information content (AvgIpc) is 2.42. The fourth-order valence-electron chi connectivity index (χ4n) is 2.03. The molecule has 1 rings (SSSR count). The van der Waals surface area contributed by atoms with Crippen molar-refractivity contribution in [1.82, 2.24) is 10.2 Å². The van der Waals surface area contributed by atoms with Gasteiger partial charge in [0.25, 0.3) is 0 Å². The van der Waals surface area contributed by atoms with Crippen LogP contribution in [-0.2, 0) is 4.79 Å². The second kappa shape index (κ2) is 7.29. The van der Waals surface area contributed by atoms with Crippen molar-refractivity contribution in [2.24, 2.45) is 5.92 Å². The SMILES string of the molecule is CC(C)CNC(=O)C(C)N(C)C(C)c1cccc(N)c1. The molecule has 4 nitrogen and oxygen atoms in total. The predicted molar refractivity (Wildman–Crippen MR) is 84.3 cm³/mol. The molecule has 4 heteroatoms. The third-order valence-corrected chi connectivity index (χ3v) is 3.68. The van der Waals surface area contributed by atoms with Crippen LogP contribution in [0.4, 0.5) is 5.69 Å². The van der Waals surface area contributed by atoms with E-state index in [-0.39, 0.29) is 18.0 Å². The van der Waals surface area contributed by atoms with Gasteiger partial charge in [-0.3, -0.25) is 9.69 Å². The van der Waals surface area contributed by atoms with E-state index >= 15 is 0 Å². The summed E-state index contributed by atoms with van der Waals surface area (Å²) in [6.07, 6.45) is 0. The number of nitrogens with zero attached hydrogens (tertiary/aromatic N) is 1. The molecular formula is C16H27N3O. The Balaban J connectivity index is 2.68. The Hall–Kier alpha value is -1.55. The highest BCUT2D eigenvalue weighted by atomic mass is 16.2. The topological polar surface area (TPSA) is 58.4 Å². The molecule has 0 aliphatic heterocycles. The van der Waals surface area contributed by atoms with Crippen LogP contribution in [0.15, 0.2) is 24.3 Å². The summed E-state index contributed by atoms with van der Waals surface area (Å²) in [5.41, 5.74) is 7.69. The maximum absolute atomic E-state index is 12.1. The number of hydrogen-bond acceptors (Lipinski definition) is 3. The number of nitrogens with one attached hydrogen (secondary N) is 1. The summed E-state index contributed by atoms with van der Waals surface area (Å²) in [5.74, 6) is 0.528. The molecule has 0 radical (unpaired) electrons. The van der Waals surface area contributed by atoms with Gasteiger partial charge in [0.1, 0.15) is 0 Å². The normalized spacial score (nSPS) is 14.3. The summed E-state index contributed by atoms with van der Waals surface area (Å²) >= 11 is 0. The number of amides is 1. The van der Waals surface area contributed by atoms with Crippen LogP contribution < -0.4 is 11.1 Å². The number of likely N-dealkylation sites (N-methyl/N-ethyl adjacent to an activating group) is 1. The van der Waals surface area contributed by atoms with E-state index < -0.39 is 0 Å². The van der Waals surface area contributed by atoms with Gasteiger partial charge in [-0.25, -0.2) is 0 Å². The molecule has 0 saturated heterocycles. The summed E-state index contributed by atoms with van der Waals surface area (Å²) in [7, 11) is 1.97. The Labute approximate surface area is 122 Å². The average molecular weight is 277 g/mol. The fourth-order valence-corrected chi connectivity index (χ4v) is 2.03. The van der Waals surface area contributed by atoms with Crippen molar-refractivity contribution in [2.75, 3.05) is 19.3 Å². The van der Waals surface area contributed by atoms with Crippen molar-refractivity contribution in [3.05, 3.63) is 29.8 Å². The minimum Gasteiger partial charge on any atom is -0.399 e. The maximum Gasteiger partial charge on any atom is 0.237 e. The summed E-state index contributed by atoms with van der Waals surface area (Å²) in [6.45, 7) is 8.90. The first-order valence-corrected chi connectivity index (χ1v) is 7.18. The van der Waals surface area contributed by atoms with Crippen molar-refractivity contribution in [2.45, 2.75) is 39.8 Å². The molecule has 2 atom stereocenters. The number of benzene rings is 1. The second-order valence-corrected chi connectivity index (χ2v) is 5.83. The van der Waals surface area contributed by atoms with Crippen molar-refractivity contribution in [3.63, 3.8) is 0 Å². The number of rotatable bonds is 6. The van der Waals surface area contributed by atoms with Crippen LogP contribution in [0.25, 0.3) is 0 Å². The third kappa shape index (κ3) is 4.53.